The van der Waals surface area contributed by atoms with Crippen molar-refractivity contribution < 1.29 is 18.7 Å². The molecular weight excluding hydrogens is 182 g/mol. The fourth-order valence-electron chi connectivity index (χ4n) is 0.839. The van der Waals surface area contributed by atoms with Gasteiger partial charge in [0.05, 0.1) is 6.33 Å². The summed E-state index contributed by atoms with van der Waals surface area (Å²) in [5.74, 6) is -1.16. The van der Waals surface area contributed by atoms with Gasteiger partial charge in [0.1, 0.15) is 0 Å². The highest BCUT2D eigenvalue weighted by Crippen LogP contribution is 2.03. The van der Waals surface area contributed by atoms with E-state index in [9.17, 15) is 13.6 Å². The smallest absolute Gasteiger partial charge is 0.356 e. The molecule has 1 heterocycles. The third-order valence-corrected chi connectivity index (χ3v) is 1.46. The van der Waals surface area contributed by atoms with E-state index in [0.717, 1.165) is 0 Å². The standard InChI is InChI=1S/C7H8F2N2O2/c8-6(9)1-2-11-3-5(7(12)13)10-4-11/h3-4,6H,1-2H2,(H,12,13). The van der Waals surface area contributed by atoms with Crippen molar-refractivity contribution in [3.05, 3.63) is 18.2 Å². The Labute approximate surface area is 72.8 Å². The lowest BCUT2D eigenvalue weighted by Gasteiger charge is -1.99. The number of hydrogen-bond acceptors (Lipinski definition) is 2. The summed E-state index contributed by atoms with van der Waals surface area (Å²) >= 11 is 0. The predicted octanol–water partition coefficient (Wildman–Crippen LogP) is 1.24. The van der Waals surface area contributed by atoms with Crippen LogP contribution in [0.5, 0.6) is 0 Å². The van der Waals surface area contributed by atoms with E-state index < -0.39 is 12.4 Å². The van der Waals surface area contributed by atoms with E-state index in [4.69, 9.17) is 5.11 Å². The maximum Gasteiger partial charge on any atom is 0.356 e. The van der Waals surface area contributed by atoms with Crippen molar-refractivity contribution in [1.29, 1.82) is 0 Å². The van der Waals surface area contributed by atoms with Crippen LogP contribution in [-0.2, 0) is 6.54 Å². The van der Waals surface area contributed by atoms with Crippen molar-refractivity contribution in [2.24, 2.45) is 0 Å². The quantitative estimate of drug-likeness (QED) is 0.776. The number of alkyl halides is 2. The molecule has 0 saturated heterocycles. The summed E-state index contributed by atoms with van der Waals surface area (Å²) < 4.78 is 24.8. The highest BCUT2D eigenvalue weighted by Gasteiger charge is 2.07. The average Bonchev–Trinajstić information content (AvgIpc) is 2.48. The van der Waals surface area contributed by atoms with Crippen LogP contribution in [0.25, 0.3) is 0 Å². The van der Waals surface area contributed by atoms with E-state index in [2.05, 4.69) is 4.98 Å². The van der Waals surface area contributed by atoms with Crippen molar-refractivity contribution >= 4 is 5.97 Å². The molecule has 0 bridgehead atoms. The third-order valence-electron chi connectivity index (χ3n) is 1.46. The molecule has 4 nitrogen and oxygen atoms in total. The number of nitrogens with zero attached hydrogens (tertiary/aromatic N) is 2. The fraction of sp³-hybridized carbons (Fsp3) is 0.429. The maximum atomic E-state index is 11.7. The van der Waals surface area contributed by atoms with Crippen molar-refractivity contribution in [1.82, 2.24) is 9.55 Å². The highest BCUT2D eigenvalue weighted by atomic mass is 19.3. The molecule has 1 N–H and O–H groups in total. The molecular formula is C7H8F2N2O2. The average molecular weight is 190 g/mol. The molecule has 0 radical (unpaired) electrons. The predicted molar refractivity (Wildman–Crippen MR) is 39.8 cm³/mol. The van der Waals surface area contributed by atoms with Gasteiger partial charge in [0.25, 0.3) is 0 Å². The number of rotatable bonds is 4. The summed E-state index contributed by atoms with van der Waals surface area (Å²) in [5.41, 5.74) is -0.130. The van der Waals surface area contributed by atoms with E-state index in [1.165, 1.54) is 17.1 Å². The van der Waals surface area contributed by atoms with Crippen LogP contribution in [-0.4, -0.2) is 27.1 Å². The van der Waals surface area contributed by atoms with Gasteiger partial charge in [0.2, 0.25) is 6.43 Å². The van der Waals surface area contributed by atoms with E-state index in [0.29, 0.717) is 0 Å². The first-order valence-corrected chi connectivity index (χ1v) is 3.63. The van der Waals surface area contributed by atoms with E-state index >= 15 is 0 Å². The molecule has 1 aromatic heterocycles. The number of carboxylic acids is 1. The normalized spacial score (nSPS) is 10.7. The Balaban J connectivity index is 2.54. The van der Waals surface area contributed by atoms with Gasteiger partial charge in [-0.15, -0.1) is 0 Å². The monoisotopic (exact) mass is 190 g/mol. The Bertz CT molecular complexity index is 298. The molecule has 0 saturated carbocycles. The lowest BCUT2D eigenvalue weighted by atomic mass is 10.4. The van der Waals surface area contributed by atoms with E-state index in [1.807, 2.05) is 0 Å². The van der Waals surface area contributed by atoms with Crippen LogP contribution in [0.1, 0.15) is 16.9 Å². The van der Waals surface area contributed by atoms with Crippen molar-refractivity contribution in [2.75, 3.05) is 0 Å². The van der Waals surface area contributed by atoms with Crippen molar-refractivity contribution in [3.63, 3.8) is 0 Å². The Kier molecular flexibility index (Phi) is 2.94. The fourth-order valence-corrected chi connectivity index (χ4v) is 0.839. The summed E-state index contributed by atoms with van der Waals surface area (Å²) in [4.78, 5) is 13.8. The van der Waals surface area contributed by atoms with Crippen LogP contribution in [0.15, 0.2) is 12.5 Å². The van der Waals surface area contributed by atoms with Gasteiger partial charge in [0, 0.05) is 19.2 Å². The third kappa shape index (κ3) is 2.81. The number of imidazole rings is 1. The zero-order valence-corrected chi connectivity index (χ0v) is 6.65. The molecule has 0 aromatic carbocycles. The van der Waals surface area contributed by atoms with Crippen molar-refractivity contribution in [2.45, 2.75) is 19.4 Å². The van der Waals surface area contributed by atoms with E-state index in [-0.39, 0.29) is 18.7 Å². The first kappa shape index (κ1) is 9.63. The zero-order valence-electron chi connectivity index (χ0n) is 6.65. The number of halogens is 2. The van der Waals surface area contributed by atoms with E-state index in [1.54, 1.807) is 0 Å². The molecule has 0 fully saturated rings. The summed E-state index contributed by atoms with van der Waals surface area (Å²) in [6.07, 6.45) is -0.220. The maximum absolute atomic E-state index is 11.7. The number of aryl methyl sites for hydroxylation is 1. The summed E-state index contributed by atoms with van der Waals surface area (Å²) in [6, 6.07) is 0. The summed E-state index contributed by atoms with van der Waals surface area (Å²) in [7, 11) is 0. The Morgan fingerprint density at radius 1 is 1.69 bits per heavy atom. The lowest BCUT2D eigenvalue weighted by Crippen LogP contribution is -2.01. The first-order valence-electron chi connectivity index (χ1n) is 3.63. The van der Waals surface area contributed by atoms with Gasteiger partial charge < -0.3 is 9.67 Å². The number of carboxylic acid groups (broad SMARTS) is 1. The Hall–Kier alpha value is -1.46. The van der Waals surface area contributed by atoms with Gasteiger partial charge in [-0.2, -0.15) is 0 Å². The summed E-state index contributed by atoms with van der Waals surface area (Å²) in [6.45, 7) is 0.0813. The second-order valence-electron chi connectivity index (χ2n) is 2.48. The molecule has 0 atom stereocenters. The molecule has 1 rings (SSSR count). The van der Waals surface area contributed by atoms with Crippen LogP contribution in [0.4, 0.5) is 8.78 Å². The SMILES string of the molecule is O=C(O)c1cn(CCC(F)F)cn1. The lowest BCUT2D eigenvalue weighted by molar-refractivity contribution is 0.0691. The highest BCUT2D eigenvalue weighted by molar-refractivity contribution is 5.84. The molecule has 0 spiro atoms. The Morgan fingerprint density at radius 2 is 2.38 bits per heavy atom. The minimum Gasteiger partial charge on any atom is -0.476 e. The molecule has 0 unspecified atom stereocenters. The molecule has 0 aliphatic rings. The van der Waals surface area contributed by atoms with Crippen LogP contribution in [0.2, 0.25) is 0 Å². The van der Waals surface area contributed by atoms with Crippen LogP contribution < -0.4 is 0 Å². The van der Waals surface area contributed by atoms with Crippen LogP contribution >= 0.6 is 0 Å². The molecule has 0 amide bonds. The Morgan fingerprint density at radius 3 is 2.85 bits per heavy atom. The molecule has 6 heteroatoms. The van der Waals surface area contributed by atoms with Gasteiger partial charge in [-0.05, 0) is 0 Å². The van der Waals surface area contributed by atoms with Gasteiger partial charge in [-0.1, -0.05) is 0 Å². The number of carbonyl (C=O) groups is 1. The van der Waals surface area contributed by atoms with Crippen LogP contribution in [0.3, 0.4) is 0 Å². The van der Waals surface area contributed by atoms with Gasteiger partial charge in [0.15, 0.2) is 5.69 Å². The molecule has 1 aromatic rings. The first-order chi connectivity index (χ1) is 6.09. The molecule has 13 heavy (non-hydrogen) atoms. The number of aromatic nitrogens is 2. The minimum atomic E-state index is -2.38. The van der Waals surface area contributed by atoms with Crippen molar-refractivity contribution in [3.8, 4) is 0 Å². The zero-order chi connectivity index (χ0) is 9.84. The topological polar surface area (TPSA) is 55.1 Å². The second-order valence-corrected chi connectivity index (χ2v) is 2.48. The van der Waals surface area contributed by atoms with Gasteiger partial charge >= 0.3 is 5.97 Å². The van der Waals surface area contributed by atoms with Crippen LogP contribution in [0, 0.1) is 0 Å². The van der Waals surface area contributed by atoms with Gasteiger partial charge in [-0.25, -0.2) is 18.6 Å². The minimum absolute atomic E-state index is 0.0813. The molecule has 0 aliphatic heterocycles. The largest absolute Gasteiger partial charge is 0.476 e. The number of hydrogen-bond donors (Lipinski definition) is 1. The summed E-state index contributed by atoms with van der Waals surface area (Å²) in [5, 5.41) is 8.45. The molecule has 72 valence electrons. The number of aromatic carboxylic acids is 1. The second kappa shape index (κ2) is 3.97. The van der Waals surface area contributed by atoms with Gasteiger partial charge in [-0.3, -0.25) is 0 Å². The molecule has 0 aliphatic carbocycles.